The summed E-state index contributed by atoms with van der Waals surface area (Å²) in [5.41, 5.74) is 2.98. The molecule has 136 valence electrons. The molecule has 0 unspecified atom stereocenters. The molecule has 1 aliphatic heterocycles. The Balaban J connectivity index is 1.75. The van der Waals surface area contributed by atoms with Crippen molar-refractivity contribution < 1.29 is 14.3 Å². The summed E-state index contributed by atoms with van der Waals surface area (Å²) in [7, 11) is 0. The molecule has 26 heavy (non-hydrogen) atoms. The zero-order chi connectivity index (χ0) is 18.3. The minimum Gasteiger partial charge on any atom is -0.461 e. The highest BCUT2D eigenvalue weighted by Crippen LogP contribution is 2.34. The van der Waals surface area contributed by atoms with Crippen molar-refractivity contribution in [1.29, 1.82) is 0 Å². The van der Waals surface area contributed by atoms with E-state index in [4.69, 9.17) is 4.74 Å². The second-order valence-corrected chi connectivity index (χ2v) is 7.59. The molecule has 0 N–H and O–H groups in total. The number of nitrogens with zero attached hydrogens (tertiary/aromatic N) is 3. The lowest BCUT2D eigenvalue weighted by molar-refractivity contribution is -0.133. The molecule has 4 rings (SSSR count). The molecule has 1 aromatic heterocycles. The normalized spacial score (nSPS) is 16.3. The lowest BCUT2D eigenvalue weighted by atomic mass is 10.0. The topological polar surface area (TPSA) is 64.4 Å². The number of hydrogen-bond donors (Lipinski definition) is 0. The smallest absolute Gasteiger partial charge is 0.359 e. The van der Waals surface area contributed by atoms with Crippen LogP contribution in [0.3, 0.4) is 0 Å². The van der Waals surface area contributed by atoms with Gasteiger partial charge in [0.1, 0.15) is 0 Å². The molecule has 0 spiro atoms. The first kappa shape index (κ1) is 17.3. The molecule has 2 aliphatic rings. The summed E-state index contributed by atoms with van der Waals surface area (Å²) < 4.78 is 7.95. The van der Waals surface area contributed by atoms with Crippen LogP contribution in [0.5, 0.6) is 0 Å². The number of ether oxygens (including phenoxy) is 1. The van der Waals surface area contributed by atoms with Crippen molar-refractivity contribution in [2.24, 2.45) is 5.92 Å². The van der Waals surface area contributed by atoms with Crippen molar-refractivity contribution in [3.63, 3.8) is 0 Å². The highest BCUT2D eigenvalue weighted by Gasteiger charge is 2.37. The highest BCUT2D eigenvalue weighted by atomic mass is 79.9. The molecule has 1 amide bonds. The zero-order valence-electron chi connectivity index (χ0n) is 14.6. The number of carbonyl (C=O) groups is 2. The van der Waals surface area contributed by atoms with E-state index in [1.54, 1.807) is 6.92 Å². The molecular formula is C19H20BrN3O3. The van der Waals surface area contributed by atoms with Gasteiger partial charge in [0.2, 0.25) is 5.91 Å². The number of hydrogen-bond acceptors (Lipinski definition) is 4. The van der Waals surface area contributed by atoms with Gasteiger partial charge in [-0.2, -0.15) is 5.10 Å². The van der Waals surface area contributed by atoms with Gasteiger partial charge in [-0.3, -0.25) is 4.79 Å². The SMILES string of the molecule is CCOC(=O)c1nn(-c2cccc(Br)c2)c2c1CN(C(=O)C1CC1)CC2. The maximum atomic E-state index is 12.5. The van der Waals surface area contributed by atoms with E-state index < -0.39 is 5.97 Å². The first-order valence-electron chi connectivity index (χ1n) is 8.91. The van der Waals surface area contributed by atoms with Crippen molar-refractivity contribution in [2.75, 3.05) is 13.2 Å². The quantitative estimate of drug-likeness (QED) is 0.716. The Labute approximate surface area is 160 Å². The summed E-state index contributed by atoms with van der Waals surface area (Å²) in [6, 6.07) is 7.80. The third-order valence-electron chi connectivity index (χ3n) is 4.82. The molecule has 6 nitrogen and oxygen atoms in total. The number of amides is 1. The summed E-state index contributed by atoms with van der Waals surface area (Å²) >= 11 is 3.48. The van der Waals surface area contributed by atoms with Gasteiger partial charge < -0.3 is 9.64 Å². The number of rotatable bonds is 4. The van der Waals surface area contributed by atoms with Gasteiger partial charge in [-0.05, 0) is 38.0 Å². The van der Waals surface area contributed by atoms with E-state index >= 15 is 0 Å². The molecule has 0 saturated heterocycles. The summed E-state index contributed by atoms with van der Waals surface area (Å²) in [6.07, 6.45) is 2.63. The standard InChI is InChI=1S/C19H20BrN3O3/c1-2-26-19(25)17-15-11-22(18(24)12-6-7-12)9-8-16(15)23(21-17)14-5-3-4-13(20)10-14/h3-5,10,12H,2,6-9,11H2,1H3. The summed E-state index contributed by atoms with van der Waals surface area (Å²) in [5, 5.41) is 4.56. The molecule has 0 radical (unpaired) electrons. The maximum Gasteiger partial charge on any atom is 0.359 e. The van der Waals surface area contributed by atoms with Crippen LogP contribution in [-0.4, -0.2) is 39.7 Å². The Kier molecular flexibility index (Phi) is 4.56. The maximum absolute atomic E-state index is 12.5. The van der Waals surface area contributed by atoms with Gasteiger partial charge in [-0.15, -0.1) is 0 Å². The fraction of sp³-hybridized carbons (Fsp3) is 0.421. The molecule has 7 heteroatoms. The first-order valence-corrected chi connectivity index (χ1v) is 9.70. The number of fused-ring (bicyclic) bond motifs is 1. The van der Waals surface area contributed by atoms with Gasteiger partial charge in [-0.1, -0.05) is 22.0 Å². The summed E-state index contributed by atoms with van der Waals surface area (Å²) in [6.45, 7) is 3.15. The first-order chi connectivity index (χ1) is 12.6. The van der Waals surface area contributed by atoms with E-state index in [9.17, 15) is 9.59 Å². The van der Waals surface area contributed by atoms with Crippen LogP contribution < -0.4 is 0 Å². The summed E-state index contributed by atoms with van der Waals surface area (Å²) in [5.74, 6) is -0.0680. The monoisotopic (exact) mass is 417 g/mol. The predicted molar refractivity (Wildman–Crippen MR) is 99.1 cm³/mol. The molecule has 2 aromatic rings. The number of aromatic nitrogens is 2. The van der Waals surface area contributed by atoms with E-state index in [1.165, 1.54) is 0 Å². The van der Waals surface area contributed by atoms with Crippen molar-refractivity contribution in [2.45, 2.75) is 32.7 Å². The van der Waals surface area contributed by atoms with Gasteiger partial charge in [0.15, 0.2) is 5.69 Å². The van der Waals surface area contributed by atoms with Crippen molar-refractivity contribution >= 4 is 27.8 Å². The number of benzene rings is 1. The Bertz CT molecular complexity index is 873. The molecule has 1 fully saturated rings. The fourth-order valence-corrected chi connectivity index (χ4v) is 3.77. The van der Waals surface area contributed by atoms with E-state index in [2.05, 4.69) is 21.0 Å². The Morgan fingerprint density at radius 2 is 2.15 bits per heavy atom. The Hall–Kier alpha value is -2.15. The minimum absolute atomic E-state index is 0.169. The predicted octanol–water partition coefficient (Wildman–Crippen LogP) is 3.11. The van der Waals surface area contributed by atoms with Crippen LogP contribution in [0.15, 0.2) is 28.7 Å². The largest absolute Gasteiger partial charge is 0.461 e. The van der Waals surface area contributed by atoms with Crippen LogP contribution in [0.1, 0.15) is 41.5 Å². The van der Waals surface area contributed by atoms with Gasteiger partial charge in [-0.25, -0.2) is 9.48 Å². The van der Waals surface area contributed by atoms with Crippen molar-refractivity contribution in [3.8, 4) is 5.69 Å². The van der Waals surface area contributed by atoms with Crippen LogP contribution >= 0.6 is 15.9 Å². The van der Waals surface area contributed by atoms with E-state index in [1.807, 2.05) is 33.8 Å². The number of esters is 1. The number of carbonyl (C=O) groups excluding carboxylic acids is 2. The van der Waals surface area contributed by atoms with Crippen LogP contribution in [0.4, 0.5) is 0 Å². The van der Waals surface area contributed by atoms with Crippen molar-refractivity contribution in [3.05, 3.63) is 45.7 Å². The average molecular weight is 418 g/mol. The second-order valence-electron chi connectivity index (χ2n) is 6.67. The van der Waals surface area contributed by atoms with E-state index in [-0.39, 0.29) is 11.8 Å². The van der Waals surface area contributed by atoms with Gasteiger partial charge in [0, 0.05) is 35.5 Å². The lowest BCUT2D eigenvalue weighted by Gasteiger charge is -2.28. The third-order valence-corrected chi connectivity index (χ3v) is 5.31. The Morgan fingerprint density at radius 3 is 2.85 bits per heavy atom. The molecule has 1 saturated carbocycles. The molecule has 0 atom stereocenters. The van der Waals surface area contributed by atoms with E-state index in [0.29, 0.717) is 31.8 Å². The fourth-order valence-electron chi connectivity index (χ4n) is 3.38. The molecule has 2 heterocycles. The molecular weight excluding hydrogens is 398 g/mol. The Morgan fingerprint density at radius 1 is 1.35 bits per heavy atom. The van der Waals surface area contributed by atoms with Gasteiger partial charge >= 0.3 is 5.97 Å². The van der Waals surface area contributed by atoms with Crippen LogP contribution in [0.2, 0.25) is 0 Å². The molecule has 1 aromatic carbocycles. The van der Waals surface area contributed by atoms with Crippen molar-refractivity contribution in [1.82, 2.24) is 14.7 Å². The highest BCUT2D eigenvalue weighted by molar-refractivity contribution is 9.10. The van der Waals surface area contributed by atoms with Gasteiger partial charge in [0.25, 0.3) is 0 Å². The second kappa shape index (κ2) is 6.87. The average Bonchev–Trinajstić information content (AvgIpc) is 3.41. The van der Waals surface area contributed by atoms with Crippen LogP contribution in [0.25, 0.3) is 5.69 Å². The molecule has 0 bridgehead atoms. The van der Waals surface area contributed by atoms with Crippen LogP contribution in [0, 0.1) is 5.92 Å². The minimum atomic E-state index is -0.432. The van der Waals surface area contributed by atoms with E-state index in [0.717, 1.165) is 34.3 Å². The third kappa shape index (κ3) is 3.16. The molecule has 1 aliphatic carbocycles. The zero-order valence-corrected chi connectivity index (χ0v) is 16.2. The summed E-state index contributed by atoms with van der Waals surface area (Å²) in [4.78, 5) is 26.8. The number of halogens is 1. The lowest BCUT2D eigenvalue weighted by Crippen LogP contribution is -2.37. The van der Waals surface area contributed by atoms with Gasteiger partial charge in [0.05, 0.1) is 18.0 Å². The van der Waals surface area contributed by atoms with Crippen LogP contribution in [-0.2, 0) is 22.5 Å².